The molecule has 0 unspecified atom stereocenters. The second kappa shape index (κ2) is 13.4. The van der Waals surface area contributed by atoms with Crippen LogP contribution in [-0.2, 0) is 27.5 Å². The van der Waals surface area contributed by atoms with Crippen molar-refractivity contribution in [3.63, 3.8) is 0 Å². The van der Waals surface area contributed by atoms with Crippen LogP contribution < -0.4 is 26.0 Å². The van der Waals surface area contributed by atoms with E-state index in [9.17, 15) is 24.3 Å². The molecule has 1 aliphatic rings. The molecule has 1 aromatic heterocycles. The van der Waals surface area contributed by atoms with Gasteiger partial charge in [-0.2, -0.15) is 0 Å². The standard InChI is InChI=1S/C25H34ClN7O6/c1-13(2)9-19-24(37)27-11-17-12-33(32-31-17)7-8-39-20-6-5-16(26)10-18(20)23(36)30-21(15(4)34)25(38)28-14(3)22(35)29-19/h5-6,10,12-15,19,21,34H,7-9,11H2,1-4H3,(H,27,37)(H,28,38)(H,29,35)(H,30,36)/t14-,15+,19-,21-/m1/s1. The Kier molecular flexibility index (Phi) is 10.2. The quantitative estimate of drug-likeness (QED) is 0.350. The number of hydrogen-bond donors (Lipinski definition) is 5. The Morgan fingerprint density at radius 3 is 2.54 bits per heavy atom. The van der Waals surface area contributed by atoms with E-state index in [1.54, 1.807) is 12.3 Å². The molecule has 4 atom stereocenters. The Morgan fingerprint density at radius 2 is 1.85 bits per heavy atom. The van der Waals surface area contributed by atoms with Crippen LogP contribution in [0.5, 0.6) is 5.75 Å². The van der Waals surface area contributed by atoms with Crippen molar-refractivity contribution in [3.05, 3.63) is 40.7 Å². The highest BCUT2D eigenvalue weighted by Crippen LogP contribution is 2.23. The lowest BCUT2D eigenvalue weighted by atomic mass is 10.0. The summed E-state index contributed by atoms with van der Waals surface area (Å²) in [5.41, 5.74) is 0.559. The fourth-order valence-electron chi connectivity index (χ4n) is 3.88. The van der Waals surface area contributed by atoms with Crippen LogP contribution in [0.2, 0.25) is 5.02 Å². The minimum absolute atomic E-state index is 0.0552. The normalized spacial score (nSPS) is 22.5. The second-order valence-electron chi connectivity index (χ2n) is 9.79. The molecule has 4 amide bonds. The lowest BCUT2D eigenvalue weighted by molar-refractivity contribution is -0.133. The van der Waals surface area contributed by atoms with Gasteiger partial charge in [0.25, 0.3) is 5.91 Å². The number of aromatic nitrogens is 3. The molecule has 0 saturated heterocycles. The number of ether oxygens (including phenoxy) is 1. The van der Waals surface area contributed by atoms with Crippen LogP contribution in [0.25, 0.3) is 0 Å². The Morgan fingerprint density at radius 1 is 1.10 bits per heavy atom. The first-order chi connectivity index (χ1) is 18.4. The average molecular weight is 564 g/mol. The van der Waals surface area contributed by atoms with Crippen molar-refractivity contribution in [1.82, 2.24) is 36.3 Å². The van der Waals surface area contributed by atoms with E-state index in [2.05, 4.69) is 31.6 Å². The molecule has 39 heavy (non-hydrogen) atoms. The molecule has 3 rings (SSSR count). The zero-order chi connectivity index (χ0) is 28.7. The lowest BCUT2D eigenvalue weighted by Gasteiger charge is -2.25. The summed E-state index contributed by atoms with van der Waals surface area (Å²) in [5.74, 6) is -2.23. The lowest BCUT2D eigenvalue weighted by Crippen LogP contribution is -2.58. The first kappa shape index (κ1) is 29.8. The molecule has 14 heteroatoms. The number of carbonyl (C=O) groups is 4. The van der Waals surface area contributed by atoms with E-state index in [0.717, 1.165) is 0 Å². The summed E-state index contributed by atoms with van der Waals surface area (Å²) < 4.78 is 7.32. The first-order valence-electron chi connectivity index (χ1n) is 12.6. The van der Waals surface area contributed by atoms with Gasteiger partial charge in [-0.25, -0.2) is 4.68 Å². The van der Waals surface area contributed by atoms with Crippen molar-refractivity contribution in [2.45, 2.75) is 71.4 Å². The number of amides is 4. The van der Waals surface area contributed by atoms with Gasteiger partial charge in [0.15, 0.2) is 0 Å². The number of benzene rings is 1. The molecule has 0 spiro atoms. The molecule has 1 aromatic carbocycles. The molecule has 0 fully saturated rings. The van der Waals surface area contributed by atoms with Crippen molar-refractivity contribution in [2.75, 3.05) is 6.61 Å². The van der Waals surface area contributed by atoms with Crippen LogP contribution >= 0.6 is 11.6 Å². The summed E-state index contributed by atoms with van der Waals surface area (Å²) in [6.45, 7) is 7.09. The maximum Gasteiger partial charge on any atom is 0.255 e. The summed E-state index contributed by atoms with van der Waals surface area (Å²) in [7, 11) is 0. The van der Waals surface area contributed by atoms with Gasteiger partial charge in [-0.1, -0.05) is 30.7 Å². The van der Waals surface area contributed by atoms with Crippen LogP contribution in [-0.4, -0.2) is 74.6 Å². The third kappa shape index (κ3) is 8.39. The number of nitrogens with one attached hydrogen (secondary N) is 4. The average Bonchev–Trinajstić information content (AvgIpc) is 3.32. The molecule has 2 aromatic rings. The molecule has 2 bridgehead atoms. The zero-order valence-corrected chi connectivity index (χ0v) is 23.0. The SMILES string of the molecule is CC(C)C[C@H]1NC(=O)[C@@H](C)NC(=O)[C@@H]([C@H](C)O)NC(=O)c2cc(Cl)ccc2OCCn2cc(nn2)CNC1=O. The third-order valence-electron chi connectivity index (χ3n) is 5.94. The number of nitrogens with zero attached hydrogens (tertiary/aromatic N) is 3. The van der Waals surface area contributed by atoms with Gasteiger partial charge in [0.1, 0.15) is 36.2 Å². The van der Waals surface area contributed by atoms with Crippen LogP contribution in [0.4, 0.5) is 0 Å². The Balaban J connectivity index is 1.91. The van der Waals surface area contributed by atoms with Gasteiger partial charge in [-0.15, -0.1) is 5.10 Å². The Bertz CT molecular complexity index is 1200. The molecule has 212 valence electrons. The van der Waals surface area contributed by atoms with Crippen LogP contribution in [0.1, 0.15) is 50.2 Å². The van der Waals surface area contributed by atoms with Gasteiger partial charge in [-0.05, 0) is 44.4 Å². The van der Waals surface area contributed by atoms with E-state index in [1.807, 2.05) is 13.8 Å². The number of fused-ring (bicyclic) bond motifs is 3. The topological polar surface area (TPSA) is 177 Å². The van der Waals surface area contributed by atoms with Gasteiger partial charge in [0, 0.05) is 5.02 Å². The predicted octanol–water partition coefficient (Wildman–Crippen LogP) is 0.155. The van der Waals surface area contributed by atoms with E-state index in [4.69, 9.17) is 16.3 Å². The number of aliphatic hydroxyl groups is 1. The van der Waals surface area contributed by atoms with E-state index >= 15 is 0 Å². The highest BCUT2D eigenvalue weighted by atomic mass is 35.5. The van der Waals surface area contributed by atoms with Crippen LogP contribution in [0.3, 0.4) is 0 Å². The van der Waals surface area contributed by atoms with Gasteiger partial charge >= 0.3 is 0 Å². The summed E-state index contributed by atoms with van der Waals surface area (Å²) in [4.78, 5) is 51.9. The number of halogens is 1. The second-order valence-corrected chi connectivity index (χ2v) is 10.2. The molecular weight excluding hydrogens is 530 g/mol. The minimum Gasteiger partial charge on any atom is -0.491 e. The number of rotatable bonds is 3. The summed E-state index contributed by atoms with van der Waals surface area (Å²) >= 11 is 6.10. The third-order valence-corrected chi connectivity index (χ3v) is 6.17. The maximum atomic E-state index is 13.1. The van der Waals surface area contributed by atoms with Crippen molar-refractivity contribution in [1.29, 1.82) is 0 Å². The smallest absolute Gasteiger partial charge is 0.255 e. The highest BCUT2D eigenvalue weighted by molar-refractivity contribution is 6.31. The van der Waals surface area contributed by atoms with E-state index in [1.165, 1.54) is 30.7 Å². The molecule has 2 heterocycles. The van der Waals surface area contributed by atoms with Gasteiger partial charge in [0.2, 0.25) is 17.7 Å². The van der Waals surface area contributed by atoms with Crippen molar-refractivity contribution in [2.24, 2.45) is 5.92 Å². The first-order valence-corrected chi connectivity index (χ1v) is 13.0. The molecule has 0 saturated carbocycles. The molecular formula is C25H34ClN7O6. The van der Waals surface area contributed by atoms with Crippen molar-refractivity contribution in [3.8, 4) is 5.75 Å². The fraction of sp³-hybridized carbons (Fsp3) is 0.520. The van der Waals surface area contributed by atoms with E-state index in [0.29, 0.717) is 12.1 Å². The van der Waals surface area contributed by atoms with Crippen LogP contribution in [0.15, 0.2) is 24.4 Å². The van der Waals surface area contributed by atoms with E-state index < -0.39 is 47.9 Å². The Labute approximate surface area is 231 Å². The fourth-order valence-corrected chi connectivity index (χ4v) is 4.05. The van der Waals surface area contributed by atoms with E-state index in [-0.39, 0.29) is 41.9 Å². The number of carbonyl (C=O) groups excluding carboxylic acids is 4. The molecule has 0 radical (unpaired) electrons. The summed E-state index contributed by atoms with van der Waals surface area (Å²) in [6, 6.07) is 1.12. The Hall–Kier alpha value is -3.71. The van der Waals surface area contributed by atoms with Gasteiger partial charge in [0.05, 0.1) is 31.0 Å². The summed E-state index contributed by atoms with van der Waals surface area (Å²) in [6.07, 6.45) is 0.709. The molecule has 0 aliphatic carbocycles. The van der Waals surface area contributed by atoms with Crippen molar-refractivity contribution < 1.29 is 29.0 Å². The van der Waals surface area contributed by atoms with Crippen LogP contribution in [0, 0.1) is 5.92 Å². The monoisotopic (exact) mass is 563 g/mol. The number of hydrogen-bond acceptors (Lipinski definition) is 8. The summed E-state index contributed by atoms with van der Waals surface area (Å²) in [5, 5.41) is 29.0. The largest absolute Gasteiger partial charge is 0.491 e. The molecule has 5 N–H and O–H groups in total. The van der Waals surface area contributed by atoms with Crippen molar-refractivity contribution >= 4 is 35.2 Å². The molecule has 13 nitrogen and oxygen atoms in total. The zero-order valence-electron chi connectivity index (χ0n) is 22.2. The highest BCUT2D eigenvalue weighted by Gasteiger charge is 2.31. The number of aliphatic hydroxyl groups excluding tert-OH is 1. The maximum absolute atomic E-state index is 13.1. The molecule has 1 aliphatic heterocycles. The minimum atomic E-state index is -1.39. The van der Waals surface area contributed by atoms with Gasteiger partial charge < -0.3 is 31.1 Å². The van der Waals surface area contributed by atoms with Gasteiger partial charge in [-0.3, -0.25) is 19.2 Å². The predicted molar refractivity (Wildman–Crippen MR) is 141 cm³/mol.